The van der Waals surface area contributed by atoms with Gasteiger partial charge in [0.25, 0.3) is 5.91 Å². The van der Waals surface area contributed by atoms with E-state index in [2.05, 4.69) is 10.3 Å². The first-order chi connectivity index (χ1) is 15.1. The van der Waals surface area contributed by atoms with Crippen LogP contribution in [0.4, 0.5) is 5.69 Å². The Labute approximate surface area is 184 Å². The molecule has 0 aliphatic carbocycles. The van der Waals surface area contributed by atoms with Gasteiger partial charge in [-0.05, 0) is 23.8 Å². The number of thiazole rings is 1. The molecule has 7 nitrogen and oxygen atoms in total. The highest BCUT2D eigenvalue weighted by molar-refractivity contribution is 7.09. The summed E-state index contributed by atoms with van der Waals surface area (Å²) in [4.78, 5) is 33.1. The standard InChI is InChI=1S/C23H23N3O4S/c1-29-12-11-26-20(22-24-10-13-31-22)19(17-8-3-4-9-18(17)23(26)28)21(27)25-15-6-5-7-16(14-15)30-2/h3-10,13-14,19-20H,11-12H2,1-2H3,(H,25,27). The zero-order chi connectivity index (χ0) is 21.8. The summed E-state index contributed by atoms with van der Waals surface area (Å²) in [5, 5.41) is 5.57. The van der Waals surface area contributed by atoms with Gasteiger partial charge in [-0.25, -0.2) is 4.98 Å². The predicted molar refractivity (Wildman–Crippen MR) is 119 cm³/mol. The maximum Gasteiger partial charge on any atom is 0.254 e. The number of methoxy groups -OCH3 is 2. The molecule has 160 valence electrons. The molecule has 4 rings (SSSR count). The molecule has 1 aromatic heterocycles. The van der Waals surface area contributed by atoms with Crippen LogP contribution in [0.5, 0.6) is 5.75 Å². The van der Waals surface area contributed by atoms with Gasteiger partial charge in [0.1, 0.15) is 10.8 Å². The Kier molecular flexibility index (Phi) is 6.29. The number of aromatic nitrogens is 1. The van der Waals surface area contributed by atoms with Crippen molar-refractivity contribution >= 4 is 28.8 Å². The molecule has 2 atom stereocenters. The molecular formula is C23H23N3O4S. The number of nitrogens with one attached hydrogen (secondary N) is 1. The van der Waals surface area contributed by atoms with Crippen LogP contribution in [0, 0.1) is 0 Å². The van der Waals surface area contributed by atoms with E-state index in [1.54, 1.807) is 43.5 Å². The van der Waals surface area contributed by atoms with E-state index in [4.69, 9.17) is 9.47 Å². The van der Waals surface area contributed by atoms with E-state index in [0.29, 0.717) is 40.7 Å². The molecule has 2 heterocycles. The summed E-state index contributed by atoms with van der Waals surface area (Å²) in [5.74, 6) is -0.313. The predicted octanol–water partition coefficient (Wildman–Crippen LogP) is 3.72. The summed E-state index contributed by atoms with van der Waals surface area (Å²) in [7, 11) is 3.17. The van der Waals surface area contributed by atoms with Crippen LogP contribution in [0.3, 0.4) is 0 Å². The lowest BCUT2D eigenvalue weighted by molar-refractivity contribution is -0.119. The van der Waals surface area contributed by atoms with Gasteiger partial charge in [-0.3, -0.25) is 9.59 Å². The normalized spacial score (nSPS) is 17.9. The van der Waals surface area contributed by atoms with Crippen molar-refractivity contribution in [2.24, 2.45) is 0 Å². The van der Waals surface area contributed by atoms with E-state index in [0.717, 1.165) is 0 Å². The quantitative estimate of drug-likeness (QED) is 0.609. The largest absolute Gasteiger partial charge is 0.497 e. The molecule has 2 aromatic carbocycles. The lowest BCUT2D eigenvalue weighted by Crippen LogP contribution is -2.47. The molecule has 0 spiro atoms. The van der Waals surface area contributed by atoms with Crippen molar-refractivity contribution in [2.75, 3.05) is 32.7 Å². The first-order valence-electron chi connectivity index (χ1n) is 9.87. The number of anilines is 1. The topological polar surface area (TPSA) is 80.8 Å². The average Bonchev–Trinajstić information content (AvgIpc) is 3.33. The van der Waals surface area contributed by atoms with Gasteiger partial charge in [-0.2, -0.15) is 0 Å². The van der Waals surface area contributed by atoms with E-state index in [1.165, 1.54) is 11.3 Å². The number of fused-ring (bicyclic) bond motifs is 1. The molecule has 1 aliphatic rings. The summed E-state index contributed by atoms with van der Waals surface area (Å²) in [5.41, 5.74) is 1.85. The van der Waals surface area contributed by atoms with E-state index in [1.807, 2.05) is 35.7 Å². The van der Waals surface area contributed by atoms with E-state index in [9.17, 15) is 9.59 Å². The Hall–Kier alpha value is -3.23. The van der Waals surface area contributed by atoms with Crippen LogP contribution in [-0.4, -0.2) is 49.1 Å². The summed E-state index contributed by atoms with van der Waals surface area (Å²) < 4.78 is 10.5. The number of carbonyl (C=O) groups excluding carboxylic acids is 2. The van der Waals surface area contributed by atoms with Crippen molar-refractivity contribution in [3.8, 4) is 5.75 Å². The number of hydrogen-bond donors (Lipinski definition) is 1. The number of nitrogens with zero attached hydrogens (tertiary/aromatic N) is 2. The molecule has 1 N–H and O–H groups in total. The second kappa shape index (κ2) is 9.28. The fraction of sp³-hybridized carbons (Fsp3) is 0.261. The van der Waals surface area contributed by atoms with Crippen LogP contribution in [0.2, 0.25) is 0 Å². The SMILES string of the molecule is COCCN1C(=O)c2ccccc2C(C(=O)Nc2cccc(OC)c2)C1c1nccs1. The van der Waals surface area contributed by atoms with Gasteiger partial charge in [0, 0.05) is 42.5 Å². The van der Waals surface area contributed by atoms with Crippen LogP contribution >= 0.6 is 11.3 Å². The highest BCUT2D eigenvalue weighted by Gasteiger charge is 2.45. The van der Waals surface area contributed by atoms with Crippen LogP contribution in [0.1, 0.15) is 32.9 Å². The Bertz CT molecular complexity index is 1070. The van der Waals surface area contributed by atoms with Crippen molar-refractivity contribution in [1.29, 1.82) is 0 Å². The molecule has 0 bridgehead atoms. The summed E-state index contributed by atoms with van der Waals surface area (Å²) in [6, 6.07) is 13.9. The molecule has 2 unspecified atom stereocenters. The number of benzene rings is 2. The minimum Gasteiger partial charge on any atom is -0.497 e. The molecule has 0 fully saturated rings. The third-order valence-corrected chi connectivity index (χ3v) is 6.15. The van der Waals surface area contributed by atoms with Crippen LogP contribution < -0.4 is 10.1 Å². The molecule has 31 heavy (non-hydrogen) atoms. The number of ether oxygens (including phenoxy) is 2. The lowest BCUT2D eigenvalue weighted by atomic mass is 9.82. The Morgan fingerprint density at radius 2 is 2.03 bits per heavy atom. The molecular weight excluding hydrogens is 414 g/mol. The first-order valence-corrected chi connectivity index (χ1v) is 10.7. The Morgan fingerprint density at radius 1 is 1.19 bits per heavy atom. The van der Waals surface area contributed by atoms with Crippen LogP contribution in [0.25, 0.3) is 0 Å². The van der Waals surface area contributed by atoms with Crippen LogP contribution in [0.15, 0.2) is 60.1 Å². The molecule has 2 amide bonds. The van der Waals surface area contributed by atoms with Crippen molar-refractivity contribution in [2.45, 2.75) is 12.0 Å². The van der Waals surface area contributed by atoms with Gasteiger partial charge in [0.15, 0.2) is 0 Å². The molecule has 3 aromatic rings. The molecule has 0 saturated carbocycles. The van der Waals surface area contributed by atoms with Crippen molar-refractivity contribution < 1.29 is 19.1 Å². The third kappa shape index (κ3) is 4.17. The van der Waals surface area contributed by atoms with Crippen molar-refractivity contribution in [3.05, 3.63) is 76.2 Å². The van der Waals surface area contributed by atoms with E-state index in [-0.39, 0.29) is 11.8 Å². The maximum atomic E-state index is 13.6. The van der Waals surface area contributed by atoms with Crippen molar-refractivity contribution in [1.82, 2.24) is 9.88 Å². The van der Waals surface area contributed by atoms with Gasteiger partial charge in [-0.1, -0.05) is 24.3 Å². The highest BCUT2D eigenvalue weighted by atomic mass is 32.1. The number of hydrogen-bond acceptors (Lipinski definition) is 6. The molecule has 8 heteroatoms. The summed E-state index contributed by atoms with van der Waals surface area (Å²) in [6.07, 6.45) is 1.69. The van der Waals surface area contributed by atoms with Crippen LogP contribution in [-0.2, 0) is 9.53 Å². The third-order valence-electron chi connectivity index (χ3n) is 5.30. The van der Waals surface area contributed by atoms with Crippen molar-refractivity contribution in [3.63, 3.8) is 0 Å². The zero-order valence-corrected chi connectivity index (χ0v) is 18.1. The fourth-order valence-corrected chi connectivity index (χ4v) is 4.67. The number of amides is 2. The fourth-order valence-electron chi connectivity index (χ4n) is 3.89. The minimum atomic E-state index is -0.622. The Morgan fingerprint density at radius 3 is 2.77 bits per heavy atom. The van der Waals surface area contributed by atoms with E-state index >= 15 is 0 Å². The molecule has 0 saturated heterocycles. The van der Waals surface area contributed by atoms with Gasteiger partial charge in [0.2, 0.25) is 5.91 Å². The molecule has 0 radical (unpaired) electrons. The smallest absolute Gasteiger partial charge is 0.254 e. The monoisotopic (exact) mass is 437 g/mol. The average molecular weight is 438 g/mol. The van der Waals surface area contributed by atoms with E-state index < -0.39 is 12.0 Å². The number of rotatable bonds is 7. The van der Waals surface area contributed by atoms with Gasteiger partial charge >= 0.3 is 0 Å². The van der Waals surface area contributed by atoms with Gasteiger partial charge < -0.3 is 19.7 Å². The number of carbonyl (C=O) groups is 2. The summed E-state index contributed by atoms with van der Waals surface area (Å²) >= 11 is 1.43. The molecule has 1 aliphatic heterocycles. The second-order valence-corrected chi connectivity index (χ2v) is 8.02. The van der Waals surface area contributed by atoms with Gasteiger partial charge in [-0.15, -0.1) is 11.3 Å². The highest BCUT2D eigenvalue weighted by Crippen LogP contribution is 2.43. The zero-order valence-electron chi connectivity index (χ0n) is 17.3. The summed E-state index contributed by atoms with van der Waals surface area (Å²) in [6.45, 7) is 0.719. The lowest BCUT2D eigenvalue weighted by Gasteiger charge is -2.40. The second-order valence-electron chi connectivity index (χ2n) is 7.09. The Balaban J connectivity index is 1.78. The first kappa shape index (κ1) is 21.0. The minimum absolute atomic E-state index is 0.127. The van der Waals surface area contributed by atoms with Gasteiger partial charge in [0.05, 0.1) is 25.7 Å². The maximum absolute atomic E-state index is 13.6.